The third-order valence-electron chi connectivity index (χ3n) is 4.64. The first-order valence-electron chi connectivity index (χ1n) is 8.97. The molecule has 1 amide bonds. The Kier molecular flexibility index (Phi) is 6.22. The van der Waals surface area contributed by atoms with Crippen molar-refractivity contribution in [1.29, 1.82) is 0 Å². The van der Waals surface area contributed by atoms with Crippen LogP contribution in [0.1, 0.15) is 15.9 Å². The number of hydrogen-bond donors (Lipinski definition) is 3. The Morgan fingerprint density at radius 3 is 2.38 bits per heavy atom. The van der Waals surface area contributed by atoms with Crippen molar-refractivity contribution in [3.63, 3.8) is 0 Å². The van der Waals surface area contributed by atoms with Crippen molar-refractivity contribution < 1.29 is 9.90 Å². The van der Waals surface area contributed by atoms with Crippen molar-refractivity contribution in [2.24, 2.45) is 5.73 Å². The maximum atomic E-state index is 12.7. The van der Waals surface area contributed by atoms with E-state index in [1.807, 2.05) is 41.4 Å². The average Bonchev–Trinajstić information content (AvgIpc) is 2.69. The smallest absolute Gasteiger partial charge is 0.265 e. The molecule has 0 saturated carbocycles. The van der Waals surface area contributed by atoms with Crippen molar-refractivity contribution in [1.82, 2.24) is 10.4 Å². The minimum absolute atomic E-state index is 0.0998. The SMILES string of the molecule is N[C@@H](CO)Cc1ccccc1C(=O)NN1CCN(c2ccccc2)CC1. The molecule has 0 unspecified atom stereocenters. The zero-order chi connectivity index (χ0) is 18.4. The molecule has 26 heavy (non-hydrogen) atoms. The quantitative estimate of drug-likeness (QED) is 0.721. The molecular weight excluding hydrogens is 328 g/mol. The summed E-state index contributed by atoms with van der Waals surface area (Å²) in [4.78, 5) is 15.0. The third kappa shape index (κ3) is 4.60. The lowest BCUT2D eigenvalue weighted by molar-refractivity contribution is 0.0776. The standard InChI is InChI=1S/C20H26N4O2/c21-17(15-25)14-16-6-4-5-9-19(16)20(26)22-24-12-10-23(11-13-24)18-7-2-1-3-8-18/h1-9,17,25H,10-15,21H2,(H,22,26)/t17-/m1/s1. The molecule has 6 nitrogen and oxygen atoms in total. The number of aliphatic hydroxyl groups excluding tert-OH is 1. The first-order chi connectivity index (χ1) is 12.7. The summed E-state index contributed by atoms with van der Waals surface area (Å²) in [6, 6.07) is 17.4. The van der Waals surface area contributed by atoms with Crippen LogP contribution in [0.25, 0.3) is 0 Å². The van der Waals surface area contributed by atoms with Gasteiger partial charge in [0.1, 0.15) is 0 Å². The Labute approximate surface area is 154 Å². The second-order valence-corrected chi connectivity index (χ2v) is 6.55. The molecule has 1 saturated heterocycles. The number of hydrogen-bond acceptors (Lipinski definition) is 5. The van der Waals surface area contributed by atoms with Crippen molar-refractivity contribution in [3.05, 3.63) is 65.7 Å². The van der Waals surface area contributed by atoms with Crippen LogP contribution < -0.4 is 16.1 Å². The summed E-state index contributed by atoms with van der Waals surface area (Å²) < 4.78 is 0. The number of carbonyl (C=O) groups is 1. The number of nitrogens with one attached hydrogen (secondary N) is 1. The van der Waals surface area contributed by atoms with Crippen molar-refractivity contribution in [2.45, 2.75) is 12.5 Å². The number of amides is 1. The van der Waals surface area contributed by atoms with Crippen molar-refractivity contribution >= 4 is 11.6 Å². The lowest BCUT2D eigenvalue weighted by Crippen LogP contribution is -2.53. The lowest BCUT2D eigenvalue weighted by Gasteiger charge is -2.36. The summed E-state index contributed by atoms with van der Waals surface area (Å²) in [5.74, 6) is -0.126. The van der Waals surface area contributed by atoms with Crippen LogP contribution in [0.2, 0.25) is 0 Å². The van der Waals surface area contributed by atoms with Gasteiger partial charge in [-0.25, -0.2) is 5.01 Å². The Morgan fingerprint density at radius 2 is 1.69 bits per heavy atom. The number of nitrogens with zero attached hydrogens (tertiary/aromatic N) is 2. The van der Waals surface area contributed by atoms with Crippen LogP contribution in [0.4, 0.5) is 5.69 Å². The number of para-hydroxylation sites is 1. The molecule has 2 aromatic rings. The molecule has 0 spiro atoms. The highest BCUT2D eigenvalue weighted by Crippen LogP contribution is 2.15. The number of aliphatic hydroxyl groups is 1. The summed E-state index contributed by atoms with van der Waals surface area (Å²) in [6.07, 6.45) is 0.474. The maximum absolute atomic E-state index is 12.7. The Hall–Kier alpha value is -2.41. The van der Waals surface area contributed by atoms with Gasteiger partial charge in [-0.3, -0.25) is 10.2 Å². The predicted octanol–water partition coefficient (Wildman–Crippen LogP) is 1.02. The van der Waals surface area contributed by atoms with E-state index in [4.69, 9.17) is 10.8 Å². The largest absolute Gasteiger partial charge is 0.395 e. The molecule has 3 rings (SSSR count). The van der Waals surface area contributed by atoms with Gasteiger partial charge in [0, 0.05) is 43.5 Å². The molecule has 1 heterocycles. The van der Waals surface area contributed by atoms with E-state index >= 15 is 0 Å². The molecule has 2 aromatic carbocycles. The zero-order valence-electron chi connectivity index (χ0n) is 14.8. The second-order valence-electron chi connectivity index (χ2n) is 6.55. The molecule has 0 aromatic heterocycles. The third-order valence-corrected chi connectivity index (χ3v) is 4.64. The molecule has 0 radical (unpaired) electrons. The molecule has 0 bridgehead atoms. The Balaban J connectivity index is 1.58. The van der Waals surface area contributed by atoms with E-state index in [0.717, 1.165) is 31.7 Å². The fourth-order valence-electron chi connectivity index (χ4n) is 3.19. The molecule has 1 atom stereocenters. The van der Waals surface area contributed by atoms with Gasteiger partial charge in [0.05, 0.1) is 6.61 Å². The minimum Gasteiger partial charge on any atom is -0.395 e. The minimum atomic E-state index is -0.363. The number of hydrazine groups is 1. The number of benzene rings is 2. The highest BCUT2D eigenvalue weighted by molar-refractivity contribution is 5.95. The highest BCUT2D eigenvalue weighted by Gasteiger charge is 2.20. The van der Waals surface area contributed by atoms with E-state index in [1.165, 1.54) is 5.69 Å². The molecule has 6 heteroatoms. The molecule has 0 aliphatic carbocycles. The normalized spacial score (nSPS) is 16.3. The van der Waals surface area contributed by atoms with Gasteiger partial charge in [-0.15, -0.1) is 0 Å². The average molecular weight is 354 g/mol. The molecule has 4 N–H and O–H groups in total. The number of anilines is 1. The number of rotatable bonds is 6. The van der Waals surface area contributed by atoms with E-state index in [-0.39, 0.29) is 18.6 Å². The summed E-state index contributed by atoms with van der Waals surface area (Å²) in [5.41, 5.74) is 11.5. The summed E-state index contributed by atoms with van der Waals surface area (Å²) >= 11 is 0. The van der Waals surface area contributed by atoms with Crippen molar-refractivity contribution in [2.75, 3.05) is 37.7 Å². The predicted molar refractivity (Wildman–Crippen MR) is 103 cm³/mol. The fourth-order valence-corrected chi connectivity index (χ4v) is 3.19. The first-order valence-corrected chi connectivity index (χ1v) is 8.97. The zero-order valence-corrected chi connectivity index (χ0v) is 14.8. The molecule has 1 fully saturated rings. The van der Waals surface area contributed by atoms with E-state index in [2.05, 4.69) is 22.5 Å². The first kappa shape index (κ1) is 18.4. The molecule has 1 aliphatic rings. The summed E-state index contributed by atoms with van der Waals surface area (Å²) in [6.45, 7) is 3.15. The monoisotopic (exact) mass is 354 g/mol. The maximum Gasteiger partial charge on any atom is 0.265 e. The lowest BCUT2D eigenvalue weighted by atomic mass is 10.0. The highest BCUT2D eigenvalue weighted by atomic mass is 16.3. The topological polar surface area (TPSA) is 81.8 Å². The molecule has 138 valence electrons. The summed E-state index contributed by atoms with van der Waals surface area (Å²) in [5, 5.41) is 11.1. The molecular formula is C20H26N4O2. The van der Waals surface area contributed by atoms with Crippen LogP contribution in [-0.2, 0) is 6.42 Å². The van der Waals surface area contributed by atoms with Gasteiger partial charge >= 0.3 is 0 Å². The van der Waals surface area contributed by atoms with Gasteiger partial charge in [-0.2, -0.15) is 0 Å². The summed E-state index contributed by atoms with van der Waals surface area (Å²) in [7, 11) is 0. The van der Waals surface area contributed by atoms with Gasteiger partial charge in [0.25, 0.3) is 5.91 Å². The second kappa shape index (κ2) is 8.80. The Morgan fingerprint density at radius 1 is 1.04 bits per heavy atom. The van der Waals surface area contributed by atoms with Gasteiger partial charge < -0.3 is 15.7 Å². The van der Waals surface area contributed by atoms with Crippen LogP contribution in [0.5, 0.6) is 0 Å². The number of nitrogens with two attached hydrogens (primary N) is 1. The van der Waals surface area contributed by atoms with E-state index in [0.29, 0.717) is 12.0 Å². The van der Waals surface area contributed by atoms with Crippen LogP contribution >= 0.6 is 0 Å². The van der Waals surface area contributed by atoms with Crippen LogP contribution in [0, 0.1) is 0 Å². The van der Waals surface area contributed by atoms with Crippen molar-refractivity contribution in [3.8, 4) is 0 Å². The van der Waals surface area contributed by atoms with Gasteiger partial charge in [0.2, 0.25) is 0 Å². The van der Waals surface area contributed by atoms with Gasteiger partial charge in [0.15, 0.2) is 0 Å². The van der Waals surface area contributed by atoms with E-state index in [1.54, 1.807) is 6.07 Å². The number of carbonyl (C=O) groups excluding carboxylic acids is 1. The van der Waals surface area contributed by atoms with Gasteiger partial charge in [-0.1, -0.05) is 36.4 Å². The molecule has 1 aliphatic heterocycles. The fraction of sp³-hybridized carbons (Fsp3) is 0.350. The van der Waals surface area contributed by atoms with Crippen LogP contribution in [0.3, 0.4) is 0 Å². The number of piperazine rings is 1. The van der Waals surface area contributed by atoms with Crippen LogP contribution in [-0.4, -0.2) is 54.9 Å². The van der Waals surface area contributed by atoms with E-state index < -0.39 is 0 Å². The van der Waals surface area contributed by atoms with Crippen LogP contribution in [0.15, 0.2) is 54.6 Å². The Bertz CT molecular complexity index is 715. The van der Waals surface area contributed by atoms with Gasteiger partial charge in [-0.05, 0) is 30.2 Å². The van der Waals surface area contributed by atoms with E-state index in [9.17, 15) is 4.79 Å².